The van der Waals surface area contributed by atoms with E-state index in [9.17, 15) is 14.9 Å². The maximum absolute atomic E-state index is 11.7. The molecule has 0 aliphatic carbocycles. The average Bonchev–Trinajstić information content (AvgIpc) is 2.66. The van der Waals surface area contributed by atoms with E-state index in [0.717, 1.165) is 5.39 Å². The number of hydrogen-bond donors (Lipinski definition) is 0. The Morgan fingerprint density at radius 2 is 2.28 bits per heavy atom. The van der Waals surface area contributed by atoms with Gasteiger partial charge in [-0.1, -0.05) is 0 Å². The fourth-order valence-electron chi connectivity index (χ4n) is 1.50. The van der Waals surface area contributed by atoms with Gasteiger partial charge >= 0.3 is 5.97 Å². The molecular formula is C11H8BrNO4S. The molecule has 0 N–H and O–H groups in total. The standard InChI is InChI=1S/C11H8BrNO4S/c1-2-17-11(14)10-9(12)7-4-3-6(13(15)16)5-8(7)18-10/h3-5H,2H2,1H3. The van der Waals surface area contributed by atoms with Crippen molar-refractivity contribution in [3.63, 3.8) is 0 Å². The topological polar surface area (TPSA) is 69.4 Å². The van der Waals surface area contributed by atoms with Crippen LogP contribution in [0.3, 0.4) is 0 Å². The van der Waals surface area contributed by atoms with Crippen LogP contribution in [0.5, 0.6) is 0 Å². The minimum absolute atomic E-state index is 0.00617. The predicted octanol–water partition coefficient (Wildman–Crippen LogP) is 3.75. The molecule has 0 radical (unpaired) electrons. The minimum Gasteiger partial charge on any atom is -0.462 e. The number of carbonyl (C=O) groups excluding carboxylic acids is 1. The number of nitro benzene ring substituents is 1. The summed E-state index contributed by atoms with van der Waals surface area (Å²) in [7, 11) is 0. The first-order valence-electron chi connectivity index (χ1n) is 5.08. The Morgan fingerprint density at radius 3 is 2.89 bits per heavy atom. The Morgan fingerprint density at radius 1 is 1.56 bits per heavy atom. The normalized spacial score (nSPS) is 10.6. The van der Waals surface area contributed by atoms with Crippen LogP contribution in [-0.4, -0.2) is 17.5 Å². The Bertz CT molecular complexity index is 637. The summed E-state index contributed by atoms with van der Waals surface area (Å²) in [6.07, 6.45) is 0. The van der Waals surface area contributed by atoms with E-state index in [0.29, 0.717) is 20.7 Å². The van der Waals surface area contributed by atoms with Crippen LogP contribution in [-0.2, 0) is 4.74 Å². The maximum atomic E-state index is 11.7. The van der Waals surface area contributed by atoms with E-state index in [1.54, 1.807) is 13.0 Å². The highest BCUT2D eigenvalue weighted by molar-refractivity contribution is 9.10. The highest BCUT2D eigenvalue weighted by atomic mass is 79.9. The fourth-order valence-corrected chi connectivity index (χ4v) is 3.40. The van der Waals surface area contributed by atoms with Crippen molar-refractivity contribution in [1.82, 2.24) is 0 Å². The lowest BCUT2D eigenvalue weighted by atomic mass is 10.2. The van der Waals surface area contributed by atoms with Gasteiger partial charge in [0, 0.05) is 22.2 Å². The van der Waals surface area contributed by atoms with Gasteiger partial charge in [-0.15, -0.1) is 11.3 Å². The highest BCUT2D eigenvalue weighted by Gasteiger charge is 2.19. The van der Waals surface area contributed by atoms with Crippen LogP contribution in [0.2, 0.25) is 0 Å². The summed E-state index contributed by atoms with van der Waals surface area (Å²) in [5, 5.41) is 11.5. The van der Waals surface area contributed by atoms with E-state index in [-0.39, 0.29) is 5.69 Å². The second kappa shape index (κ2) is 5.03. The number of fused-ring (bicyclic) bond motifs is 1. The van der Waals surface area contributed by atoms with Gasteiger partial charge in [-0.3, -0.25) is 10.1 Å². The third-order valence-electron chi connectivity index (χ3n) is 2.28. The van der Waals surface area contributed by atoms with E-state index < -0.39 is 10.9 Å². The fraction of sp³-hybridized carbons (Fsp3) is 0.182. The molecule has 94 valence electrons. The van der Waals surface area contributed by atoms with Crippen LogP contribution >= 0.6 is 27.3 Å². The number of thiophene rings is 1. The molecular weight excluding hydrogens is 322 g/mol. The molecule has 0 atom stereocenters. The number of non-ortho nitro benzene ring substituents is 1. The van der Waals surface area contributed by atoms with Crippen molar-refractivity contribution in [2.45, 2.75) is 6.92 Å². The van der Waals surface area contributed by atoms with Gasteiger partial charge in [0.25, 0.3) is 5.69 Å². The molecule has 0 bridgehead atoms. The van der Waals surface area contributed by atoms with Crippen molar-refractivity contribution in [2.24, 2.45) is 0 Å². The highest BCUT2D eigenvalue weighted by Crippen LogP contribution is 2.37. The van der Waals surface area contributed by atoms with Crippen molar-refractivity contribution in [3.8, 4) is 0 Å². The number of esters is 1. The summed E-state index contributed by atoms with van der Waals surface area (Å²) in [6.45, 7) is 2.02. The zero-order valence-corrected chi connectivity index (χ0v) is 11.7. The Balaban J connectivity index is 2.55. The Hall–Kier alpha value is -1.47. The number of ether oxygens (including phenoxy) is 1. The number of nitro groups is 1. The van der Waals surface area contributed by atoms with Gasteiger partial charge in [-0.25, -0.2) is 4.79 Å². The number of carbonyl (C=O) groups is 1. The number of benzene rings is 1. The molecule has 7 heteroatoms. The Labute approximate surface area is 115 Å². The molecule has 1 aromatic heterocycles. The van der Waals surface area contributed by atoms with E-state index in [4.69, 9.17) is 4.74 Å². The van der Waals surface area contributed by atoms with Crippen LogP contribution in [0.1, 0.15) is 16.6 Å². The molecule has 0 unspecified atom stereocenters. The summed E-state index contributed by atoms with van der Waals surface area (Å²) >= 11 is 4.50. The second-order valence-electron chi connectivity index (χ2n) is 3.40. The van der Waals surface area contributed by atoms with E-state index >= 15 is 0 Å². The van der Waals surface area contributed by atoms with Crippen molar-refractivity contribution in [1.29, 1.82) is 0 Å². The first-order chi connectivity index (χ1) is 8.54. The van der Waals surface area contributed by atoms with Gasteiger partial charge in [-0.05, 0) is 28.9 Å². The van der Waals surface area contributed by atoms with Gasteiger partial charge in [0.05, 0.1) is 16.0 Å². The SMILES string of the molecule is CCOC(=O)c1sc2cc([N+](=O)[O-])ccc2c1Br. The Kier molecular flexibility index (Phi) is 3.63. The van der Waals surface area contributed by atoms with Gasteiger partial charge in [-0.2, -0.15) is 0 Å². The molecule has 0 spiro atoms. The first-order valence-corrected chi connectivity index (χ1v) is 6.69. The van der Waals surface area contributed by atoms with Gasteiger partial charge in [0.1, 0.15) is 4.88 Å². The van der Waals surface area contributed by atoms with Crippen molar-refractivity contribution >= 4 is 49.0 Å². The molecule has 2 aromatic rings. The minimum atomic E-state index is -0.461. The molecule has 0 saturated carbocycles. The number of halogens is 1. The van der Waals surface area contributed by atoms with Crippen molar-refractivity contribution in [2.75, 3.05) is 6.61 Å². The summed E-state index contributed by atoms with van der Waals surface area (Å²) in [5.41, 5.74) is 0.00617. The quantitative estimate of drug-likeness (QED) is 0.488. The maximum Gasteiger partial charge on any atom is 0.349 e. The molecule has 2 rings (SSSR count). The van der Waals surface area contributed by atoms with Crippen LogP contribution in [0.25, 0.3) is 10.1 Å². The van der Waals surface area contributed by atoms with Gasteiger partial charge in [0.2, 0.25) is 0 Å². The van der Waals surface area contributed by atoms with E-state index in [1.165, 1.54) is 23.5 Å². The smallest absolute Gasteiger partial charge is 0.349 e. The largest absolute Gasteiger partial charge is 0.462 e. The van der Waals surface area contributed by atoms with Gasteiger partial charge in [0.15, 0.2) is 0 Å². The molecule has 0 aliphatic rings. The molecule has 0 saturated heterocycles. The predicted molar refractivity (Wildman–Crippen MR) is 72.1 cm³/mol. The first kappa shape index (κ1) is 13.0. The van der Waals surface area contributed by atoms with Gasteiger partial charge < -0.3 is 4.74 Å². The van der Waals surface area contributed by atoms with Crippen molar-refractivity contribution < 1.29 is 14.5 Å². The van der Waals surface area contributed by atoms with E-state index in [2.05, 4.69) is 15.9 Å². The summed E-state index contributed by atoms with van der Waals surface area (Å²) in [6, 6.07) is 4.49. The van der Waals surface area contributed by atoms with Crippen LogP contribution < -0.4 is 0 Å². The molecule has 18 heavy (non-hydrogen) atoms. The van der Waals surface area contributed by atoms with Crippen LogP contribution in [0, 0.1) is 10.1 Å². The van der Waals surface area contributed by atoms with Crippen LogP contribution in [0.15, 0.2) is 22.7 Å². The molecule has 0 aliphatic heterocycles. The summed E-state index contributed by atoms with van der Waals surface area (Å²) in [4.78, 5) is 22.3. The molecule has 0 fully saturated rings. The second-order valence-corrected chi connectivity index (χ2v) is 5.25. The third kappa shape index (κ3) is 2.23. The average molecular weight is 330 g/mol. The van der Waals surface area contributed by atoms with Crippen molar-refractivity contribution in [3.05, 3.63) is 37.7 Å². The van der Waals surface area contributed by atoms with E-state index in [1.807, 2.05) is 0 Å². The number of hydrogen-bond acceptors (Lipinski definition) is 5. The lowest BCUT2D eigenvalue weighted by molar-refractivity contribution is -0.384. The molecule has 0 amide bonds. The summed E-state index contributed by atoms with van der Waals surface area (Å²) < 4.78 is 6.22. The zero-order chi connectivity index (χ0) is 13.3. The molecule has 1 aromatic carbocycles. The lowest BCUT2D eigenvalue weighted by Gasteiger charge is -1.98. The molecule has 5 nitrogen and oxygen atoms in total. The number of rotatable bonds is 3. The monoisotopic (exact) mass is 329 g/mol. The lowest BCUT2D eigenvalue weighted by Crippen LogP contribution is -2.02. The number of nitrogens with zero attached hydrogens (tertiary/aromatic N) is 1. The zero-order valence-electron chi connectivity index (χ0n) is 9.31. The van der Waals surface area contributed by atoms with Crippen LogP contribution in [0.4, 0.5) is 5.69 Å². The third-order valence-corrected chi connectivity index (χ3v) is 4.50. The summed E-state index contributed by atoms with van der Waals surface area (Å²) in [5.74, 6) is -0.423. The molecule has 1 heterocycles.